The molecule has 0 bridgehead atoms. The molecule has 0 saturated carbocycles. The largest absolute Gasteiger partial charge is 0.326 e. The van der Waals surface area contributed by atoms with Crippen LogP contribution in [0.5, 0.6) is 0 Å². The number of amides is 2. The summed E-state index contributed by atoms with van der Waals surface area (Å²) in [7, 11) is 0. The first-order chi connectivity index (χ1) is 11.6. The molecule has 3 rings (SSSR count). The number of hydrogen-bond donors (Lipinski definition) is 2. The molecule has 4 nitrogen and oxygen atoms in total. The first-order valence-electron chi connectivity index (χ1n) is 8.03. The Morgan fingerprint density at radius 3 is 2.79 bits per heavy atom. The van der Waals surface area contributed by atoms with E-state index in [1.807, 2.05) is 49.4 Å². The van der Waals surface area contributed by atoms with Crippen molar-refractivity contribution in [3.8, 4) is 0 Å². The maximum atomic E-state index is 12.5. The fourth-order valence-corrected chi connectivity index (χ4v) is 3.90. The van der Waals surface area contributed by atoms with Gasteiger partial charge in [-0.1, -0.05) is 37.3 Å². The van der Waals surface area contributed by atoms with Gasteiger partial charge in [-0.05, 0) is 36.6 Å². The normalized spacial score (nSPS) is 16.2. The predicted octanol–water partition coefficient (Wildman–Crippen LogP) is 4.00. The summed E-state index contributed by atoms with van der Waals surface area (Å²) in [5.74, 6) is -0.250. The van der Waals surface area contributed by atoms with Crippen molar-refractivity contribution in [3.63, 3.8) is 0 Å². The quantitative estimate of drug-likeness (QED) is 0.884. The van der Waals surface area contributed by atoms with Gasteiger partial charge in [-0.25, -0.2) is 0 Å². The number of nitrogens with one attached hydrogen (secondary N) is 2. The third-order valence-corrected chi connectivity index (χ3v) is 5.36. The van der Waals surface area contributed by atoms with Crippen LogP contribution in [0.15, 0.2) is 47.4 Å². The van der Waals surface area contributed by atoms with Crippen molar-refractivity contribution in [1.82, 2.24) is 0 Å². The number of benzene rings is 2. The first-order valence-corrected chi connectivity index (χ1v) is 8.91. The molecule has 1 heterocycles. The van der Waals surface area contributed by atoms with Gasteiger partial charge in [0, 0.05) is 17.0 Å². The Balaban J connectivity index is 1.71. The van der Waals surface area contributed by atoms with Crippen LogP contribution in [0.2, 0.25) is 0 Å². The van der Waals surface area contributed by atoms with Gasteiger partial charge in [0.1, 0.15) is 0 Å². The SMILES string of the molecule is CCc1cccc(C)c1NC(=O)CC1Sc2ccccc2NC1=O. The molecule has 5 heteroatoms. The summed E-state index contributed by atoms with van der Waals surface area (Å²) in [6.45, 7) is 4.04. The monoisotopic (exact) mass is 340 g/mol. The van der Waals surface area contributed by atoms with Crippen LogP contribution in [0.3, 0.4) is 0 Å². The molecule has 0 saturated heterocycles. The summed E-state index contributed by atoms with van der Waals surface area (Å²) < 4.78 is 0. The highest BCUT2D eigenvalue weighted by Crippen LogP contribution is 2.36. The lowest BCUT2D eigenvalue weighted by molar-refractivity contribution is -0.120. The van der Waals surface area contributed by atoms with Gasteiger partial charge in [-0.2, -0.15) is 0 Å². The van der Waals surface area contributed by atoms with Gasteiger partial charge >= 0.3 is 0 Å². The minimum absolute atomic E-state index is 0.116. The number of hydrogen-bond acceptors (Lipinski definition) is 3. The van der Waals surface area contributed by atoms with Gasteiger partial charge < -0.3 is 10.6 Å². The molecule has 1 aliphatic heterocycles. The van der Waals surface area contributed by atoms with Crippen LogP contribution in [0.1, 0.15) is 24.5 Å². The van der Waals surface area contributed by atoms with E-state index < -0.39 is 5.25 Å². The molecule has 0 spiro atoms. The van der Waals surface area contributed by atoms with E-state index in [-0.39, 0.29) is 18.2 Å². The van der Waals surface area contributed by atoms with Crippen molar-refractivity contribution in [3.05, 3.63) is 53.6 Å². The minimum atomic E-state index is -0.408. The lowest BCUT2D eigenvalue weighted by Crippen LogP contribution is -2.32. The molecule has 0 fully saturated rings. The Labute approximate surface area is 146 Å². The van der Waals surface area contributed by atoms with E-state index in [1.165, 1.54) is 11.8 Å². The molecule has 0 radical (unpaired) electrons. The molecule has 0 aromatic heterocycles. The van der Waals surface area contributed by atoms with Crippen molar-refractivity contribution < 1.29 is 9.59 Å². The minimum Gasteiger partial charge on any atom is -0.326 e. The second-order valence-electron chi connectivity index (χ2n) is 5.81. The number of carbonyl (C=O) groups excluding carboxylic acids is 2. The maximum Gasteiger partial charge on any atom is 0.238 e. The van der Waals surface area contributed by atoms with E-state index in [0.717, 1.165) is 33.8 Å². The van der Waals surface area contributed by atoms with E-state index in [4.69, 9.17) is 0 Å². The summed E-state index contributed by atoms with van der Waals surface area (Å²) in [5.41, 5.74) is 3.83. The van der Waals surface area contributed by atoms with Gasteiger partial charge in [0.2, 0.25) is 11.8 Å². The highest BCUT2D eigenvalue weighted by Gasteiger charge is 2.29. The number of para-hydroxylation sites is 2. The first kappa shape index (κ1) is 16.6. The zero-order chi connectivity index (χ0) is 17.1. The standard InChI is InChI=1S/C19H20N2O2S/c1-3-13-8-6-7-12(2)18(13)21-17(22)11-16-19(23)20-14-9-4-5-10-15(14)24-16/h4-10,16H,3,11H2,1-2H3,(H,20,23)(H,21,22). The molecule has 2 aromatic carbocycles. The van der Waals surface area contributed by atoms with Crippen molar-refractivity contribution in [2.75, 3.05) is 10.6 Å². The Kier molecular flexibility index (Phi) is 4.90. The lowest BCUT2D eigenvalue weighted by Gasteiger charge is -2.23. The summed E-state index contributed by atoms with van der Waals surface area (Å²) in [4.78, 5) is 25.7. The third-order valence-electron chi connectivity index (χ3n) is 4.08. The summed E-state index contributed by atoms with van der Waals surface area (Å²) >= 11 is 1.45. The average molecular weight is 340 g/mol. The fourth-order valence-electron chi connectivity index (χ4n) is 2.79. The van der Waals surface area contributed by atoms with Crippen LogP contribution in [-0.2, 0) is 16.0 Å². The van der Waals surface area contributed by atoms with Gasteiger partial charge in [0.25, 0.3) is 0 Å². The van der Waals surface area contributed by atoms with Crippen molar-refractivity contribution >= 4 is 35.0 Å². The van der Waals surface area contributed by atoms with E-state index in [1.54, 1.807) is 0 Å². The summed E-state index contributed by atoms with van der Waals surface area (Å²) in [6, 6.07) is 13.6. The van der Waals surface area contributed by atoms with E-state index in [2.05, 4.69) is 17.6 Å². The Morgan fingerprint density at radius 1 is 1.21 bits per heavy atom. The molecule has 2 aromatic rings. The molecular formula is C19H20N2O2S. The molecular weight excluding hydrogens is 320 g/mol. The van der Waals surface area contributed by atoms with Crippen LogP contribution in [0.4, 0.5) is 11.4 Å². The van der Waals surface area contributed by atoms with Crippen LogP contribution >= 0.6 is 11.8 Å². The van der Waals surface area contributed by atoms with Crippen LogP contribution < -0.4 is 10.6 Å². The Hall–Kier alpha value is -2.27. The van der Waals surface area contributed by atoms with Crippen molar-refractivity contribution in [2.45, 2.75) is 36.8 Å². The molecule has 1 unspecified atom stereocenters. The molecule has 124 valence electrons. The molecule has 24 heavy (non-hydrogen) atoms. The van der Waals surface area contributed by atoms with E-state index >= 15 is 0 Å². The predicted molar refractivity (Wildman–Crippen MR) is 98.5 cm³/mol. The number of anilines is 2. The average Bonchev–Trinajstić information content (AvgIpc) is 2.57. The smallest absolute Gasteiger partial charge is 0.238 e. The van der Waals surface area contributed by atoms with Crippen molar-refractivity contribution in [2.24, 2.45) is 0 Å². The Morgan fingerprint density at radius 2 is 2.00 bits per heavy atom. The topological polar surface area (TPSA) is 58.2 Å². The van der Waals surface area contributed by atoms with Gasteiger partial charge in [0.05, 0.1) is 10.9 Å². The molecule has 1 aliphatic rings. The molecule has 2 N–H and O–H groups in total. The third kappa shape index (κ3) is 3.46. The van der Waals surface area contributed by atoms with Crippen molar-refractivity contribution in [1.29, 1.82) is 0 Å². The van der Waals surface area contributed by atoms with E-state index in [0.29, 0.717) is 0 Å². The van der Waals surface area contributed by atoms with Gasteiger partial charge in [-0.3, -0.25) is 9.59 Å². The van der Waals surface area contributed by atoms with Crippen LogP contribution in [0, 0.1) is 6.92 Å². The van der Waals surface area contributed by atoms with Crippen LogP contribution in [-0.4, -0.2) is 17.1 Å². The summed E-state index contributed by atoms with van der Waals surface area (Å²) in [6.07, 6.45) is 1.01. The van der Waals surface area contributed by atoms with Crippen LogP contribution in [0.25, 0.3) is 0 Å². The maximum absolute atomic E-state index is 12.5. The fraction of sp³-hybridized carbons (Fsp3) is 0.263. The zero-order valence-corrected chi connectivity index (χ0v) is 14.6. The molecule has 1 atom stereocenters. The molecule has 2 amide bonds. The van der Waals surface area contributed by atoms with E-state index in [9.17, 15) is 9.59 Å². The highest BCUT2D eigenvalue weighted by atomic mass is 32.2. The number of rotatable bonds is 4. The Bertz CT molecular complexity index is 789. The number of aryl methyl sites for hydroxylation is 2. The second-order valence-corrected chi connectivity index (χ2v) is 7.05. The van der Waals surface area contributed by atoms with Gasteiger partial charge in [0.15, 0.2) is 0 Å². The second kappa shape index (κ2) is 7.09. The zero-order valence-electron chi connectivity index (χ0n) is 13.8. The number of fused-ring (bicyclic) bond motifs is 1. The highest BCUT2D eigenvalue weighted by molar-refractivity contribution is 8.01. The lowest BCUT2D eigenvalue weighted by atomic mass is 10.1. The van der Waals surface area contributed by atoms with Gasteiger partial charge in [-0.15, -0.1) is 11.8 Å². The molecule has 0 aliphatic carbocycles. The number of thioether (sulfide) groups is 1. The summed E-state index contributed by atoms with van der Waals surface area (Å²) in [5, 5.41) is 5.45. The number of carbonyl (C=O) groups is 2.